The molecule has 3 aromatic rings. The molecule has 156 valence electrons. The van der Waals surface area contributed by atoms with E-state index in [1.165, 1.54) is 0 Å². The third-order valence-electron chi connectivity index (χ3n) is 5.31. The van der Waals surface area contributed by atoms with Crippen LogP contribution in [0.3, 0.4) is 0 Å². The number of aliphatic hydroxyl groups excluding tert-OH is 1. The predicted molar refractivity (Wildman–Crippen MR) is 119 cm³/mol. The zero-order valence-electron chi connectivity index (χ0n) is 17.4. The maximum absolute atomic E-state index is 13.4. The molecule has 0 aliphatic heterocycles. The van der Waals surface area contributed by atoms with Crippen molar-refractivity contribution >= 4 is 22.4 Å². The standard InChI is InChI=1S/C23H27N5O2/c1-27(2)12-13-28-19-8-7-18(25-10-5-3-4-6-14-29)20-21(19)22(26-28)17-15-24-11-9-16(17)23(20)30/h3-4,7-9,11,15,25,29H,5-6,10,12-14H2,1-2H3/b4-3-. The number of ketones is 1. The molecule has 0 atom stereocenters. The number of fused-ring (bicyclic) bond motifs is 2. The molecule has 0 saturated carbocycles. The number of carbonyl (C=O) groups excluding carboxylic acids is 1. The summed E-state index contributed by atoms with van der Waals surface area (Å²) in [6, 6.07) is 5.81. The number of aromatic nitrogens is 3. The van der Waals surface area contributed by atoms with E-state index in [-0.39, 0.29) is 12.4 Å². The molecule has 0 amide bonds. The summed E-state index contributed by atoms with van der Waals surface area (Å²) in [4.78, 5) is 19.8. The number of likely N-dealkylation sites (N-methyl/N-ethyl adjacent to an activating group) is 1. The molecule has 0 spiro atoms. The molecular weight excluding hydrogens is 378 g/mol. The third kappa shape index (κ3) is 3.74. The molecule has 1 aliphatic rings. The van der Waals surface area contributed by atoms with Crippen LogP contribution in [0.2, 0.25) is 0 Å². The van der Waals surface area contributed by atoms with E-state index in [1.807, 2.05) is 43.1 Å². The van der Waals surface area contributed by atoms with Gasteiger partial charge in [-0.25, -0.2) is 0 Å². The van der Waals surface area contributed by atoms with Gasteiger partial charge in [0.1, 0.15) is 5.69 Å². The SMILES string of the molecule is CN(C)CCn1nc2c3c(c(NCC/C=C\CCO)ccc31)C(=O)c1ccncc1-2. The molecule has 0 unspecified atom stereocenters. The maximum atomic E-state index is 13.4. The summed E-state index contributed by atoms with van der Waals surface area (Å²) in [6.45, 7) is 2.48. The van der Waals surface area contributed by atoms with Crippen LogP contribution in [0, 0.1) is 0 Å². The number of hydrogen-bond acceptors (Lipinski definition) is 6. The second-order valence-corrected chi connectivity index (χ2v) is 7.71. The van der Waals surface area contributed by atoms with Crippen molar-refractivity contribution in [1.29, 1.82) is 0 Å². The number of aliphatic hydroxyl groups is 1. The van der Waals surface area contributed by atoms with Gasteiger partial charge in [0.05, 0.1) is 17.6 Å². The van der Waals surface area contributed by atoms with Gasteiger partial charge < -0.3 is 15.3 Å². The number of anilines is 1. The van der Waals surface area contributed by atoms with Crippen molar-refractivity contribution in [2.24, 2.45) is 0 Å². The number of carbonyl (C=O) groups is 1. The van der Waals surface area contributed by atoms with E-state index in [9.17, 15) is 4.79 Å². The Morgan fingerprint density at radius 2 is 2.00 bits per heavy atom. The van der Waals surface area contributed by atoms with Crippen LogP contribution in [-0.4, -0.2) is 64.3 Å². The Hall–Kier alpha value is -3.03. The van der Waals surface area contributed by atoms with Crippen molar-refractivity contribution in [3.8, 4) is 11.3 Å². The van der Waals surface area contributed by atoms with Crippen molar-refractivity contribution in [3.05, 3.63) is 53.9 Å². The van der Waals surface area contributed by atoms with E-state index < -0.39 is 0 Å². The van der Waals surface area contributed by atoms with Crippen molar-refractivity contribution in [2.75, 3.05) is 39.1 Å². The summed E-state index contributed by atoms with van der Waals surface area (Å²) in [5, 5.41) is 18.1. The molecule has 7 nitrogen and oxygen atoms in total. The first-order valence-corrected chi connectivity index (χ1v) is 10.3. The van der Waals surface area contributed by atoms with Crippen LogP contribution in [0.4, 0.5) is 5.69 Å². The molecule has 2 aromatic heterocycles. The van der Waals surface area contributed by atoms with E-state index in [0.717, 1.165) is 47.4 Å². The maximum Gasteiger partial charge on any atom is 0.196 e. The third-order valence-corrected chi connectivity index (χ3v) is 5.31. The van der Waals surface area contributed by atoms with Crippen molar-refractivity contribution < 1.29 is 9.90 Å². The molecule has 7 heteroatoms. The minimum Gasteiger partial charge on any atom is -0.396 e. The molecule has 0 radical (unpaired) electrons. The Kier molecular flexibility index (Phi) is 5.92. The normalized spacial score (nSPS) is 12.9. The number of nitrogens with one attached hydrogen (secondary N) is 1. The van der Waals surface area contributed by atoms with E-state index >= 15 is 0 Å². The predicted octanol–water partition coefficient (Wildman–Crippen LogP) is 2.94. The first-order valence-electron chi connectivity index (χ1n) is 10.3. The lowest BCUT2D eigenvalue weighted by Gasteiger charge is -2.18. The van der Waals surface area contributed by atoms with Gasteiger partial charge in [0.25, 0.3) is 0 Å². The number of pyridine rings is 1. The van der Waals surface area contributed by atoms with Crippen molar-refractivity contribution in [2.45, 2.75) is 19.4 Å². The number of nitrogens with zero attached hydrogens (tertiary/aromatic N) is 4. The van der Waals surface area contributed by atoms with Crippen LogP contribution < -0.4 is 5.32 Å². The Bertz CT molecular complexity index is 1100. The highest BCUT2D eigenvalue weighted by atomic mass is 16.2. The average molecular weight is 406 g/mol. The lowest BCUT2D eigenvalue weighted by atomic mass is 9.87. The van der Waals surface area contributed by atoms with Gasteiger partial charge in [-0.05, 0) is 45.1 Å². The molecule has 0 saturated heterocycles. The van der Waals surface area contributed by atoms with Gasteiger partial charge in [-0.1, -0.05) is 12.2 Å². The first-order chi connectivity index (χ1) is 14.6. The molecule has 1 aromatic carbocycles. The Balaban J connectivity index is 1.75. The fraction of sp³-hybridized carbons (Fsp3) is 0.348. The quantitative estimate of drug-likeness (QED) is 0.329. The highest BCUT2D eigenvalue weighted by Gasteiger charge is 2.31. The summed E-state index contributed by atoms with van der Waals surface area (Å²) in [7, 11) is 4.08. The lowest BCUT2D eigenvalue weighted by Crippen LogP contribution is -2.19. The second kappa shape index (κ2) is 8.77. The van der Waals surface area contributed by atoms with Crippen LogP contribution >= 0.6 is 0 Å². The van der Waals surface area contributed by atoms with Gasteiger partial charge in [0.2, 0.25) is 0 Å². The Morgan fingerprint density at radius 1 is 1.17 bits per heavy atom. The first kappa shape index (κ1) is 20.3. The molecule has 4 rings (SSSR count). The zero-order chi connectivity index (χ0) is 21.1. The van der Waals surface area contributed by atoms with E-state index in [4.69, 9.17) is 10.2 Å². The van der Waals surface area contributed by atoms with Crippen molar-refractivity contribution in [1.82, 2.24) is 19.7 Å². The van der Waals surface area contributed by atoms with Gasteiger partial charge in [0.15, 0.2) is 5.78 Å². The highest BCUT2D eigenvalue weighted by molar-refractivity contribution is 6.27. The fourth-order valence-corrected chi connectivity index (χ4v) is 3.82. The van der Waals surface area contributed by atoms with E-state index in [1.54, 1.807) is 18.5 Å². The summed E-state index contributed by atoms with van der Waals surface area (Å²) in [6.07, 6.45) is 8.89. The fourth-order valence-electron chi connectivity index (χ4n) is 3.82. The smallest absolute Gasteiger partial charge is 0.196 e. The topological polar surface area (TPSA) is 83.3 Å². The van der Waals surface area contributed by atoms with E-state index in [2.05, 4.69) is 15.2 Å². The van der Waals surface area contributed by atoms with E-state index in [0.29, 0.717) is 24.1 Å². The van der Waals surface area contributed by atoms with Crippen LogP contribution in [0.1, 0.15) is 28.8 Å². The minimum absolute atomic E-state index is 0.0102. The van der Waals surface area contributed by atoms with Crippen molar-refractivity contribution in [3.63, 3.8) is 0 Å². The summed E-state index contributed by atoms with van der Waals surface area (Å²) >= 11 is 0. The van der Waals surface area contributed by atoms with Crippen LogP contribution in [0.25, 0.3) is 22.2 Å². The highest BCUT2D eigenvalue weighted by Crippen LogP contribution is 2.41. The molecule has 2 heterocycles. The Labute approximate surface area is 176 Å². The minimum atomic E-state index is 0.0102. The molecule has 2 N–H and O–H groups in total. The molecular formula is C23H27N5O2. The number of rotatable bonds is 9. The second-order valence-electron chi connectivity index (χ2n) is 7.71. The van der Waals surface area contributed by atoms with Gasteiger partial charge in [-0.3, -0.25) is 14.5 Å². The van der Waals surface area contributed by atoms with Crippen LogP contribution in [0.5, 0.6) is 0 Å². The zero-order valence-corrected chi connectivity index (χ0v) is 17.4. The number of benzene rings is 1. The molecule has 30 heavy (non-hydrogen) atoms. The molecule has 1 aliphatic carbocycles. The molecule has 0 bridgehead atoms. The molecule has 0 fully saturated rings. The summed E-state index contributed by atoms with van der Waals surface area (Å²) in [5.41, 5.74) is 4.77. The van der Waals surface area contributed by atoms with Gasteiger partial charge >= 0.3 is 0 Å². The monoisotopic (exact) mass is 405 g/mol. The summed E-state index contributed by atoms with van der Waals surface area (Å²) < 4.78 is 1.99. The van der Waals surface area contributed by atoms with Gasteiger partial charge in [-0.2, -0.15) is 5.10 Å². The largest absolute Gasteiger partial charge is 0.396 e. The van der Waals surface area contributed by atoms with Gasteiger partial charge in [-0.15, -0.1) is 0 Å². The van der Waals surface area contributed by atoms with Gasteiger partial charge in [0, 0.05) is 54.3 Å². The number of hydrogen-bond donors (Lipinski definition) is 2. The lowest BCUT2D eigenvalue weighted by molar-refractivity contribution is 0.104. The Morgan fingerprint density at radius 3 is 2.80 bits per heavy atom. The van der Waals surface area contributed by atoms with Crippen LogP contribution in [-0.2, 0) is 6.54 Å². The van der Waals surface area contributed by atoms with Crippen LogP contribution in [0.15, 0.2) is 42.7 Å². The summed E-state index contributed by atoms with van der Waals surface area (Å²) in [5.74, 6) is 0.0102. The average Bonchev–Trinajstić information content (AvgIpc) is 3.12.